The Morgan fingerprint density at radius 3 is 2.77 bits per heavy atom. The third kappa shape index (κ3) is 4.19. The van der Waals surface area contributed by atoms with Gasteiger partial charge in [0.1, 0.15) is 11.3 Å². The monoisotopic (exact) mass is 413 g/mol. The number of carbonyl (C=O) groups is 1. The number of piperidine rings is 1. The Bertz CT molecular complexity index is 1190. The summed E-state index contributed by atoms with van der Waals surface area (Å²) in [6, 6.07) is 4.44. The SMILES string of the molecule is Cc1ccc(=O)n(C2CCN(C(=O)CCCc3cn4cc(F)cc4c(=O)[nH]3)CC2)n1. The zero-order valence-corrected chi connectivity index (χ0v) is 16.8. The lowest BCUT2D eigenvalue weighted by molar-refractivity contribution is -0.132. The van der Waals surface area contributed by atoms with E-state index in [1.807, 2.05) is 11.8 Å². The molecule has 9 heteroatoms. The number of nitrogens with one attached hydrogen (secondary N) is 1. The molecule has 4 rings (SSSR count). The van der Waals surface area contributed by atoms with Gasteiger partial charge in [-0.3, -0.25) is 14.4 Å². The molecule has 1 fully saturated rings. The predicted octanol–water partition coefficient (Wildman–Crippen LogP) is 1.82. The summed E-state index contributed by atoms with van der Waals surface area (Å²) in [4.78, 5) is 41.2. The topological polar surface area (TPSA) is 92.5 Å². The van der Waals surface area contributed by atoms with Crippen molar-refractivity contribution in [3.63, 3.8) is 0 Å². The van der Waals surface area contributed by atoms with E-state index in [0.29, 0.717) is 50.9 Å². The van der Waals surface area contributed by atoms with Crippen LogP contribution in [0.3, 0.4) is 0 Å². The number of nitrogens with zero attached hydrogens (tertiary/aromatic N) is 4. The highest BCUT2D eigenvalue weighted by molar-refractivity contribution is 5.76. The van der Waals surface area contributed by atoms with Gasteiger partial charge in [0, 0.05) is 49.7 Å². The van der Waals surface area contributed by atoms with E-state index >= 15 is 0 Å². The molecule has 0 atom stereocenters. The smallest absolute Gasteiger partial charge is 0.272 e. The zero-order valence-electron chi connectivity index (χ0n) is 16.8. The molecule has 0 radical (unpaired) electrons. The van der Waals surface area contributed by atoms with Crippen LogP contribution in [0.5, 0.6) is 0 Å². The molecule has 0 aromatic carbocycles. The van der Waals surface area contributed by atoms with Crippen LogP contribution in [-0.4, -0.2) is 43.1 Å². The average molecular weight is 413 g/mol. The maximum atomic E-state index is 13.3. The molecular weight excluding hydrogens is 389 g/mol. The van der Waals surface area contributed by atoms with Gasteiger partial charge in [0.2, 0.25) is 5.91 Å². The van der Waals surface area contributed by atoms with Crippen molar-refractivity contribution in [2.45, 2.75) is 45.1 Å². The Kier molecular flexibility index (Phi) is 5.52. The Labute approximate surface area is 171 Å². The molecule has 158 valence electrons. The minimum atomic E-state index is -0.459. The molecule has 8 nitrogen and oxygen atoms in total. The van der Waals surface area contributed by atoms with Crippen molar-refractivity contribution in [1.29, 1.82) is 0 Å². The number of carbonyl (C=O) groups excluding carboxylic acids is 1. The van der Waals surface area contributed by atoms with Crippen molar-refractivity contribution in [2.75, 3.05) is 13.1 Å². The second kappa shape index (κ2) is 8.25. The maximum absolute atomic E-state index is 13.3. The number of amides is 1. The summed E-state index contributed by atoms with van der Waals surface area (Å²) in [5, 5.41) is 4.33. The summed E-state index contributed by atoms with van der Waals surface area (Å²) in [5.74, 6) is -0.396. The van der Waals surface area contributed by atoms with E-state index in [2.05, 4.69) is 10.1 Å². The Morgan fingerprint density at radius 2 is 2.00 bits per heavy atom. The molecule has 0 aliphatic carbocycles. The molecule has 1 saturated heterocycles. The van der Waals surface area contributed by atoms with Crippen LogP contribution in [0.1, 0.15) is 43.1 Å². The van der Waals surface area contributed by atoms with Crippen LogP contribution >= 0.6 is 0 Å². The van der Waals surface area contributed by atoms with Gasteiger partial charge >= 0.3 is 0 Å². The van der Waals surface area contributed by atoms with Crippen LogP contribution in [0, 0.1) is 12.7 Å². The number of aryl methyl sites for hydroxylation is 2. The number of hydrogen-bond acceptors (Lipinski definition) is 4. The van der Waals surface area contributed by atoms with Crippen LogP contribution in [0.15, 0.2) is 40.2 Å². The third-order valence-corrected chi connectivity index (χ3v) is 5.58. The van der Waals surface area contributed by atoms with Gasteiger partial charge in [0.05, 0.1) is 11.7 Å². The van der Waals surface area contributed by atoms with Gasteiger partial charge in [0.25, 0.3) is 11.1 Å². The van der Waals surface area contributed by atoms with E-state index < -0.39 is 5.82 Å². The highest BCUT2D eigenvalue weighted by atomic mass is 19.1. The first-order valence-corrected chi connectivity index (χ1v) is 10.1. The number of fused-ring (bicyclic) bond motifs is 1. The molecule has 3 aromatic heterocycles. The molecule has 1 aliphatic heterocycles. The summed E-state index contributed by atoms with van der Waals surface area (Å²) < 4.78 is 16.3. The molecular formula is C21H24FN5O3. The quantitative estimate of drug-likeness (QED) is 0.691. The minimum absolute atomic E-state index is 0.0141. The van der Waals surface area contributed by atoms with Crippen LogP contribution in [0.25, 0.3) is 5.52 Å². The Morgan fingerprint density at radius 1 is 1.23 bits per heavy atom. The lowest BCUT2D eigenvalue weighted by Crippen LogP contribution is -2.41. The lowest BCUT2D eigenvalue weighted by atomic mass is 10.0. The zero-order chi connectivity index (χ0) is 21.3. The second-order valence-electron chi connectivity index (χ2n) is 7.78. The maximum Gasteiger partial charge on any atom is 0.272 e. The standard InChI is InChI=1S/C21H24FN5O3/c1-14-5-6-20(29)27(24-14)17-7-9-25(10-8-17)19(28)4-2-3-16-13-26-12-15(22)11-18(26)21(30)23-16/h5-6,11-13,17H,2-4,7-10H2,1H3,(H,23,30). The highest BCUT2D eigenvalue weighted by Gasteiger charge is 2.24. The number of likely N-dealkylation sites (tertiary alicyclic amines) is 1. The first-order valence-electron chi connectivity index (χ1n) is 10.1. The highest BCUT2D eigenvalue weighted by Crippen LogP contribution is 2.21. The summed E-state index contributed by atoms with van der Waals surface area (Å²) in [6.45, 7) is 3.04. The molecule has 0 unspecified atom stereocenters. The van der Waals surface area contributed by atoms with Gasteiger partial charge in [-0.15, -0.1) is 0 Å². The number of rotatable bonds is 5. The molecule has 3 aromatic rings. The second-order valence-corrected chi connectivity index (χ2v) is 7.78. The van der Waals surface area contributed by atoms with Gasteiger partial charge < -0.3 is 14.3 Å². The van der Waals surface area contributed by atoms with Crippen molar-refractivity contribution in [3.05, 3.63) is 68.5 Å². The first kappa shape index (κ1) is 20.1. The van der Waals surface area contributed by atoms with Crippen LogP contribution < -0.4 is 11.1 Å². The largest absolute Gasteiger partial charge is 0.343 e. The number of aromatic amines is 1. The average Bonchev–Trinajstić information content (AvgIpc) is 3.11. The molecule has 0 saturated carbocycles. The summed E-state index contributed by atoms with van der Waals surface area (Å²) in [7, 11) is 0. The number of aromatic nitrogens is 4. The lowest BCUT2D eigenvalue weighted by Gasteiger charge is -2.32. The van der Waals surface area contributed by atoms with E-state index in [-0.39, 0.29) is 28.6 Å². The minimum Gasteiger partial charge on any atom is -0.343 e. The van der Waals surface area contributed by atoms with Crippen molar-refractivity contribution in [3.8, 4) is 0 Å². The third-order valence-electron chi connectivity index (χ3n) is 5.58. The summed E-state index contributed by atoms with van der Waals surface area (Å²) in [5.41, 5.74) is 1.27. The van der Waals surface area contributed by atoms with Crippen LogP contribution in [-0.2, 0) is 11.2 Å². The molecule has 4 heterocycles. The molecule has 30 heavy (non-hydrogen) atoms. The molecule has 0 bridgehead atoms. The number of hydrogen-bond donors (Lipinski definition) is 1. The van der Waals surface area contributed by atoms with Crippen molar-refractivity contribution in [1.82, 2.24) is 24.1 Å². The van der Waals surface area contributed by atoms with E-state index in [1.165, 1.54) is 27.4 Å². The normalized spacial score (nSPS) is 15.1. The van der Waals surface area contributed by atoms with Crippen molar-refractivity contribution < 1.29 is 9.18 Å². The predicted molar refractivity (Wildman–Crippen MR) is 109 cm³/mol. The fraction of sp³-hybridized carbons (Fsp3) is 0.429. The molecule has 1 aliphatic rings. The van der Waals surface area contributed by atoms with Gasteiger partial charge in [-0.1, -0.05) is 0 Å². The van der Waals surface area contributed by atoms with Crippen LogP contribution in [0.4, 0.5) is 4.39 Å². The van der Waals surface area contributed by atoms with Gasteiger partial charge in [-0.05, 0) is 38.7 Å². The van der Waals surface area contributed by atoms with E-state index in [9.17, 15) is 18.8 Å². The number of halogens is 1. The summed E-state index contributed by atoms with van der Waals surface area (Å²) >= 11 is 0. The van der Waals surface area contributed by atoms with Crippen molar-refractivity contribution in [2.24, 2.45) is 0 Å². The van der Waals surface area contributed by atoms with E-state index in [1.54, 1.807) is 12.3 Å². The van der Waals surface area contributed by atoms with Gasteiger partial charge in [-0.25, -0.2) is 9.07 Å². The fourth-order valence-electron chi connectivity index (χ4n) is 4.00. The Hall–Kier alpha value is -3.23. The van der Waals surface area contributed by atoms with Gasteiger partial charge in [-0.2, -0.15) is 5.10 Å². The summed E-state index contributed by atoms with van der Waals surface area (Å²) in [6.07, 6.45) is 5.82. The molecule has 0 spiro atoms. The van der Waals surface area contributed by atoms with E-state index in [0.717, 1.165) is 5.69 Å². The van der Waals surface area contributed by atoms with Gasteiger partial charge in [0.15, 0.2) is 0 Å². The number of H-pyrrole nitrogens is 1. The molecule has 1 N–H and O–H groups in total. The van der Waals surface area contributed by atoms with Crippen LogP contribution in [0.2, 0.25) is 0 Å². The Balaban J connectivity index is 1.30. The van der Waals surface area contributed by atoms with Crippen molar-refractivity contribution >= 4 is 11.4 Å². The fourth-order valence-corrected chi connectivity index (χ4v) is 4.00. The molecule has 1 amide bonds. The first-order chi connectivity index (χ1) is 14.4. The van der Waals surface area contributed by atoms with E-state index in [4.69, 9.17) is 0 Å².